The number of ether oxygens (including phenoxy) is 1. The second kappa shape index (κ2) is 12.0. The van der Waals surface area contributed by atoms with Crippen LogP contribution in [0.2, 0.25) is 0 Å². The Morgan fingerprint density at radius 2 is 1.69 bits per heavy atom. The van der Waals surface area contributed by atoms with E-state index >= 15 is 0 Å². The number of nitrogens with zero attached hydrogens (tertiary/aromatic N) is 2. The molecule has 4 rings (SSSR count). The smallest absolute Gasteiger partial charge is 0.243 e. The van der Waals surface area contributed by atoms with Crippen molar-refractivity contribution in [3.8, 4) is 5.75 Å². The fourth-order valence-electron chi connectivity index (χ4n) is 5.06. The summed E-state index contributed by atoms with van der Waals surface area (Å²) in [4.78, 5) is 15.7. The van der Waals surface area contributed by atoms with Crippen molar-refractivity contribution in [1.82, 2.24) is 14.5 Å². The molecule has 2 aromatic carbocycles. The average molecular weight is 500 g/mol. The van der Waals surface area contributed by atoms with Crippen molar-refractivity contribution in [3.05, 3.63) is 60.2 Å². The molecule has 1 N–H and O–H groups in total. The average Bonchev–Trinajstić information content (AvgIpc) is 2.89. The van der Waals surface area contributed by atoms with Crippen LogP contribution in [0.25, 0.3) is 0 Å². The molecule has 0 aliphatic carbocycles. The maximum Gasteiger partial charge on any atom is 0.243 e. The number of carbonyl (C=O) groups excluding carboxylic acids is 1. The summed E-state index contributed by atoms with van der Waals surface area (Å²) in [6.07, 6.45) is 4.55. The summed E-state index contributed by atoms with van der Waals surface area (Å²) >= 11 is 0. The van der Waals surface area contributed by atoms with Gasteiger partial charge in [-0.3, -0.25) is 9.69 Å². The van der Waals surface area contributed by atoms with E-state index in [1.807, 2.05) is 13.0 Å². The van der Waals surface area contributed by atoms with Gasteiger partial charge >= 0.3 is 0 Å². The van der Waals surface area contributed by atoms with E-state index in [1.54, 1.807) is 24.3 Å². The molecule has 0 radical (unpaired) electrons. The number of amides is 1. The van der Waals surface area contributed by atoms with Crippen molar-refractivity contribution in [1.29, 1.82) is 0 Å². The van der Waals surface area contributed by atoms with E-state index in [0.29, 0.717) is 50.9 Å². The lowest BCUT2D eigenvalue weighted by Crippen LogP contribution is -2.48. The lowest BCUT2D eigenvalue weighted by Gasteiger charge is -2.36. The Labute approximate surface area is 209 Å². The van der Waals surface area contributed by atoms with Crippen molar-refractivity contribution >= 4 is 15.9 Å². The van der Waals surface area contributed by atoms with Gasteiger partial charge in [0.15, 0.2) is 0 Å². The van der Waals surface area contributed by atoms with Crippen LogP contribution in [-0.2, 0) is 21.4 Å². The van der Waals surface area contributed by atoms with Crippen LogP contribution in [0.3, 0.4) is 0 Å². The second-order valence-corrected chi connectivity index (χ2v) is 11.4. The predicted molar refractivity (Wildman–Crippen MR) is 137 cm³/mol. The molecule has 35 heavy (non-hydrogen) atoms. The van der Waals surface area contributed by atoms with Crippen LogP contribution in [-0.4, -0.2) is 62.4 Å². The number of benzene rings is 2. The Hall–Kier alpha value is -2.42. The van der Waals surface area contributed by atoms with E-state index < -0.39 is 10.0 Å². The quantitative estimate of drug-likeness (QED) is 0.570. The molecule has 2 heterocycles. The zero-order valence-corrected chi connectivity index (χ0v) is 21.4. The molecule has 7 nitrogen and oxygen atoms in total. The maximum absolute atomic E-state index is 13.0. The number of likely N-dealkylation sites (tertiary alicyclic amines) is 1. The fourth-order valence-corrected chi connectivity index (χ4v) is 6.53. The largest absolute Gasteiger partial charge is 0.494 e. The third-order valence-corrected chi connectivity index (χ3v) is 9.00. The number of piperidine rings is 2. The third-order valence-electron chi connectivity index (χ3n) is 7.09. The van der Waals surface area contributed by atoms with Gasteiger partial charge < -0.3 is 10.1 Å². The summed E-state index contributed by atoms with van der Waals surface area (Å²) in [6, 6.07) is 17.4. The number of carbonyl (C=O) groups is 1. The van der Waals surface area contributed by atoms with Crippen LogP contribution < -0.4 is 10.1 Å². The molecule has 0 bridgehead atoms. The van der Waals surface area contributed by atoms with E-state index in [-0.39, 0.29) is 16.7 Å². The van der Waals surface area contributed by atoms with Crippen LogP contribution in [0.15, 0.2) is 59.5 Å². The van der Waals surface area contributed by atoms with Gasteiger partial charge in [0.25, 0.3) is 0 Å². The standard InChI is InChI=1S/C27H37N3O4S/c1-2-34-25-11-13-26(14-12-25)35(32,33)30-18-15-23(16-19-30)27(31)28-20-24-10-6-7-17-29(24)21-22-8-4-3-5-9-22/h3-5,8-9,11-14,23-24H,2,6-7,10,15-21H2,1H3,(H,28,31). The summed E-state index contributed by atoms with van der Waals surface area (Å²) in [5.74, 6) is 0.559. The van der Waals surface area contributed by atoms with Crippen LogP contribution in [0.4, 0.5) is 0 Å². The molecule has 2 fully saturated rings. The minimum atomic E-state index is -3.57. The molecule has 190 valence electrons. The van der Waals surface area contributed by atoms with E-state index in [1.165, 1.54) is 22.7 Å². The van der Waals surface area contributed by atoms with Crippen molar-refractivity contribution in [2.45, 2.75) is 56.5 Å². The molecule has 1 atom stereocenters. The molecular formula is C27H37N3O4S. The van der Waals surface area contributed by atoms with Gasteiger partial charge in [-0.2, -0.15) is 4.31 Å². The monoisotopic (exact) mass is 499 g/mol. The first kappa shape index (κ1) is 25.7. The lowest BCUT2D eigenvalue weighted by molar-refractivity contribution is -0.126. The summed E-state index contributed by atoms with van der Waals surface area (Å²) in [7, 11) is -3.57. The highest BCUT2D eigenvalue weighted by molar-refractivity contribution is 7.89. The fraction of sp³-hybridized carbons (Fsp3) is 0.519. The molecule has 0 saturated carbocycles. The summed E-state index contributed by atoms with van der Waals surface area (Å²) < 4.78 is 33.0. The highest BCUT2D eigenvalue weighted by Gasteiger charge is 2.32. The maximum atomic E-state index is 13.0. The minimum Gasteiger partial charge on any atom is -0.494 e. The van der Waals surface area contributed by atoms with Gasteiger partial charge in [0, 0.05) is 38.1 Å². The summed E-state index contributed by atoms with van der Waals surface area (Å²) in [6.45, 7) is 5.75. The van der Waals surface area contributed by atoms with Crippen LogP contribution in [0.5, 0.6) is 5.75 Å². The molecule has 1 amide bonds. The molecule has 0 spiro atoms. The highest BCUT2D eigenvalue weighted by atomic mass is 32.2. The summed E-state index contributed by atoms with van der Waals surface area (Å²) in [5, 5.41) is 3.18. The molecule has 2 aromatic rings. The molecular weight excluding hydrogens is 462 g/mol. The van der Waals surface area contributed by atoms with Gasteiger partial charge in [-0.25, -0.2) is 8.42 Å². The normalized spacial score (nSPS) is 20.4. The number of rotatable bonds is 9. The first-order valence-electron chi connectivity index (χ1n) is 12.8. The second-order valence-electron chi connectivity index (χ2n) is 9.43. The first-order valence-corrected chi connectivity index (χ1v) is 14.2. The SMILES string of the molecule is CCOc1ccc(S(=O)(=O)N2CCC(C(=O)NCC3CCCCN3Cc3ccccc3)CC2)cc1. The highest BCUT2D eigenvalue weighted by Crippen LogP contribution is 2.26. The summed E-state index contributed by atoms with van der Waals surface area (Å²) in [5.41, 5.74) is 1.30. The van der Waals surface area contributed by atoms with Crippen LogP contribution >= 0.6 is 0 Å². The van der Waals surface area contributed by atoms with Gasteiger partial charge in [0.1, 0.15) is 5.75 Å². The number of hydrogen-bond donors (Lipinski definition) is 1. The molecule has 0 aromatic heterocycles. The third kappa shape index (κ3) is 6.63. The van der Waals surface area contributed by atoms with Crippen molar-refractivity contribution in [2.75, 3.05) is 32.8 Å². The Morgan fingerprint density at radius 3 is 2.37 bits per heavy atom. The Balaban J connectivity index is 1.27. The number of sulfonamides is 1. The van der Waals surface area contributed by atoms with Gasteiger partial charge in [-0.15, -0.1) is 0 Å². The Bertz CT molecular complexity index is 1050. The van der Waals surface area contributed by atoms with Crippen molar-refractivity contribution in [3.63, 3.8) is 0 Å². The topological polar surface area (TPSA) is 79.0 Å². The molecule has 8 heteroatoms. The van der Waals surface area contributed by atoms with E-state index in [9.17, 15) is 13.2 Å². The number of hydrogen-bond acceptors (Lipinski definition) is 5. The van der Waals surface area contributed by atoms with Gasteiger partial charge in [0.2, 0.25) is 15.9 Å². The molecule has 2 aliphatic heterocycles. The predicted octanol–water partition coefficient (Wildman–Crippen LogP) is 3.66. The van der Waals surface area contributed by atoms with Gasteiger partial charge in [-0.05, 0) is 69.0 Å². The minimum absolute atomic E-state index is 0.0494. The zero-order valence-electron chi connectivity index (χ0n) is 20.6. The number of nitrogens with one attached hydrogen (secondary N) is 1. The van der Waals surface area contributed by atoms with Crippen LogP contribution in [0.1, 0.15) is 44.6 Å². The van der Waals surface area contributed by atoms with Crippen molar-refractivity contribution < 1.29 is 17.9 Å². The zero-order chi connectivity index (χ0) is 24.7. The van der Waals surface area contributed by atoms with Crippen molar-refractivity contribution in [2.24, 2.45) is 5.92 Å². The van der Waals surface area contributed by atoms with E-state index in [4.69, 9.17) is 4.74 Å². The Morgan fingerprint density at radius 1 is 0.971 bits per heavy atom. The van der Waals surface area contributed by atoms with Gasteiger partial charge in [-0.1, -0.05) is 36.8 Å². The molecule has 2 saturated heterocycles. The molecule has 2 aliphatic rings. The Kier molecular flexibility index (Phi) is 8.81. The van der Waals surface area contributed by atoms with Gasteiger partial charge in [0.05, 0.1) is 11.5 Å². The lowest BCUT2D eigenvalue weighted by atomic mass is 9.96. The first-order chi connectivity index (χ1) is 17.0. The van der Waals surface area contributed by atoms with Crippen LogP contribution in [0, 0.1) is 5.92 Å². The van der Waals surface area contributed by atoms with E-state index in [2.05, 4.69) is 34.5 Å². The molecule has 1 unspecified atom stereocenters. The van der Waals surface area contributed by atoms with E-state index in [0.717, 1.165) is 19.5 Å².